The smallest absolute Gasteiger partial charge is 0.410 e. The van der Waals surface area contributed by atoms with Crippen molar-refractivity contribution >= 4 is 23.5 Å². The molecule has 206 valence electrons. The maximum absolute atomic E-state index is 13.3. The lowest BCUT2D eigenvalue weighted by Crippen LogP contribution is -2.40. The Morgan fingerprint density at radius 2 is 1.51 bits per heavy atom. The Balaban J connectivity index is 1.48. The van der Waals surface area contributed by atoms with Gasteiger partial charge in [0.05, 0.1) is 5.02 Å². The van der Waals surface area contributed by atoms with Gasteiger partial charge in [-0.15, -0.1) is 0 Å². The summed E-state index contributed by atoms with van der Waals surface area (Å²) in [5.41, 5.74) is 1.80. The molecule has 4 rings (SSSR count). The highest BCUT2D eigenvalue weighted by atomic mass is 35.5. The van der Waals surface area contributed by atoms with Crippen molar-refractivity contribution in [2.45, 2.75) is 71.3 Å². The molecule has 0 saturated carbocycles. The zero-order chi connectivity index (χ0) is 27.8. The van der Waals surface area contributed by atoms with Crippen LogP contribution in [0.5, 0.6) is 11.5 Å². The van der Waals surface area contributed by atoms with Crippen molar-refractivity contribution in [3.63, 3.8) is 0 Å². The van der Waals surface area contributed by atoms with Crippen LogP contribution in [0.15, 0.2) is 72.8 Å². The normalized spacial score (nSPS) is 15.2. The van der Waals surface area contributed by atoms with Gasteiger partial charge in [0.2, 0.25) is 0 Å². The van der Waals surface area contributed by atoms with E-state index in [-0.39, 0.29) is 36.0 Å². The molecule has 1 atom stereocenters. The number of ether oxygens (including phenoxy) is 3. The standard InChI is InChI=1S/C32H36ClNO5/c1-32(2,3)39-31(36)34-20-10-15-25(34)16-18-27(35)26-17-19-28(37-21-23-11-6-4-7-12-23)30(29(26)33)38-22-24-13-8-5-9-14-24/h4-9,11-14,17,19,25H,10,15-16,18,20-22H2,1-3H3. The van der Waals surface area contributed by atoms with Gasteiger partial charge in [0.25, 0.3) is 0 Å². The van der Waals surface area contributed by atoms with Crippen molar-refractivity contribution in [2.75, 3.05) is 6.54 Å². The number of carbonyl (C=O) groups is 2. The van der Waals surface area contributed by atoms with Crippen LogP contribution in [0.4, 0.5) is 4.79 Å². The molecule has 1 heterocycles. The highest BCUT2D eigenvalue weighted by molar-refractivity contribution is 6.35. The van der Waals surface area contributed by atoms with Gasteiger partial charge in [-0.2, -0.15) is 0 Å². The number of Topliss-reactive ketones (excluding diaryl/α,β-unsaturated/α-hetero) is 1. The molecule has 0 bridgehead atoms. The van der Waals surface area contributed by atoms with Gasteiger partial charge in [0, 0.05) is 24.6 Å². The van der Waals surface area contributed by atoms with Crippen LogP contribution in [0.1, 0.15) is 67.9 Å². The number of ketones is 1. The van der Waals surface area contributed by atoms with Crippen molar-refractivity contribution in [2.24, 2.45) is 0 Å². The van der Waals surface area contributed by atoms with Crippen LogP contribution in [0.2, 0.25) is 5.02 Å². The van der Waals surface area contributed by atoms with Gasteiger partial charge < -0.3 is 19.1 Å². The Kier molecular flexibility index (Phi) is 9.52. The Hall–Kier alpha value is -3.51. The molecule has 0 spiro atoms. The third-order valence-corrected chi connectivity index (χ3v) is 6.91. The molecule has 0 radical (unpaired) electrons. The summed E-state index contributed by atoms with van der Waals surface area (Å²) >= 11 is 6.79. The topological polar surface area (TPSA) is 65.1 Å². The molecule has 1 amide bonds. The Bertz CT molecular complexity index is 1260. The van der Waals surface area contributed by atoms with Gasteiger partial charge in [-0.1, -0.05) is 72.3 Å². The molecular formula is C32H36ClNO5. The summed E-state index contributed by atoms with van der Waals surface area (Å²) in [6, 6.07) is 23.0. The van der Waals surface area contributed by atoms with Crippen LogP contribution < -0.4 is 9.47 Å². The van der Waals surface area contributed by atoms with Gasteiger partial charge in [-0.05, 0) is 63.3 Å². The molecule has 0 aliphatic carbocycles. The predicted octanol–water partition coefficient (Wildman–Crippen LogP) is 7.86. The Morgan fingerprint density at radius 3 is 2.13 bits per heavy atom. The maximum atomic E-state index is 13.3. The number of likely N-dealkylation sites (tertiary alicyclic amines) is 1. The predicted molar refractivity (Wildman–Crippen MR) is 153 cm³/mol. The third-order valence-electron chi connectivity index (χ3n) is 6.53. The van der Waals surface area contributed by atoms with Crippen molar-refractivity contribution < 1.29 is 23.8 Å². The van der Waals surface area contributed by atoms with Crippen molar-refractivity contribution in [3.05, 3.63) is 94.5 Å². The van der Waals surface area contributed by atoms with Crippen LogP contribution in [0, 0.1) is 0 Å². The molecule has 1 aliphatic rings. The van der Waals surface area contributed by atoms with E-state index < -0.39 is 5.60 Å². The molecule has 1 saturated heterocycles. The minimum atomic E-state index is -0.561. The number of halogens is 1. The van der Waals surface area contributed by atoms with Gasteiger partial charge in [0.1, 0.15) is 18.8 Å². The minimum absolute atomic E-state index is 0.0372. The van der Waals surface area contributed by atoms with E-state index >= 15 is 0 Å². The van der Waals surface area contributed by atoms with Gasteiger partial charge in [-0.3, -0.25) is 4.79 Å². The molecule has 0 N–H and O–H groups in total. The number of benzene rings is 3. The number of hydrogen-bond acceptors (Lipinski definition) is 5. The molecule has 1 unspecified atom stereocenters. The zero-order valence-electron chi connectivity index (χ0n) is 22.8. The maximum Gasteiger partial charge on any atom is 0.410 e. The quantitative estimate of drug-likeness (QED) is 0.241. The summed E-state index contributed by atoms with van der Waals surface area (Å²) in [6.45, 7) is 6.82. The summed E-state index contributed by atoms with van der Waals surface area (Å²) in [4.78, 5) is 27.7. The molecule has 6 nitrogen and oxygen atoms in total. The van der Waals surface area contributed by atoms with E-state index in [1.165, 1.54) is 0 Å². The van der Waals surface area contributed by atoms with Crippen LogP contribution in [-0.4, -0.2) is 35.0 Å². The number of hydrogen-bond donors (Lipinski definition) is 0. The fraction of sp³-hybridized carbons (Fsp3) is 0.375. The highest BCUT2D eigenvalue weighted by Gasteiger charge is 2.32. The number of rotatable bonds is 10. The fourth-order valence-corrected chi connectivity index (χ4v) is 4.91. The second-order valence-corrected chi connectivity index (χ2v) is 11.1. The average Bonchev–Trinajstić information content (AvgIpc) is 3.39. The largest absolute Gasteiger partial charge is 0.485 e. The second-order valence-electron chi connectivity index (χ2n) is 10.7. The molecule has 1 aliphatic heterocycles. The van der Waals surface area contributed by atoms with E-state index in [4.69, 9.17) is 25.8 Å². The van der Waals surface area contributed by atoms with E-state index in [1.54, 1.807) is 17.0 Å². The first-order chi connectivity index (χ1) is 18.7. The first-order valence-corrected chi connectivity index (χ1v) is 13.8. The Labute approximate surface area is 235 Å². The molecule has 7 heteroatoms. The average molecular weight is 550 g/mol. The van der Waals surface area contributed by atoms with Crippen molar-refractivity contribution in [3.8, 4) is 11.5 Å². The summed E-state index contributed by atoms with van der Waals surface area (Å²) in [5, 5.41) is 0.233. The number of carbonyl (C=O) groups excluding carboxylic acids is 2. The van der Waals surface area contributed by atoms with E-state index in [9.17, 15) is 9.59 Å². The lowest BCUT2D eigenvalue weighted by molar-refractivity contribution is 0.0218. The lowest BCUT2D eigenvalue weighted by atomic mass is 10.0. The van der Waals surface area contributed by atoms with E-state index in [0.29, 0.717) is 36.6 Å². The van der Waals surface area contributed by atoms with Crippen LogP contribution in [0.3, 0.4) is 0 Å². The molecule has 3 aromatic carbocycles. The van der Waals surface area contributed by atoms with Crippen molar-refractivity contribution in [1.29, 1.82) is 0 Å². The summed E-state index contributed by atoms with van der Waals surface area (Å²) in [6.07, 6.45) is 2.21. The van der Waals surface area contributed by atoms with Gasteiger partial charge in [0.15, 0.2) is 17.3 Å². The lowest BCUT2D eigenvalue weighted by Gasteiger charge is -2.28. The fourth-order valence-electron chi connectivity index (χ4n) is 4.60. The molecule has 1 fully saturated rings. The summed E-state index contributed by atoms with van der Waals surface area (Å²) < 4.78 is 17.8. The van der Waals surface area contributed by atoms with Crippen molar-refractivity contribution in [1.82, 2.24) is 4.90 Å². The molecule has 39 heavy (non-hydrogen) atoms. The van der Waals surface area contributed by atoms with E-state index in [2.05, 4.69) is 0 Å². The first-order valence-electron chi connectivity index (χ1n) is 13.4. The number of nitrogens with zero attached hydrogens (tertiary/aromatic N) is 1. The van der Waals surface area contributed by atoms with Crippen LogP contribution >= 0.6 is 11.6 Å². The van der Waals surface area contributed by atoms with Crippen LogP contribution in [-0.2, 0) is 18.0 Å². The molecule has 0 aromatic heterocycles. The van der Waals surface area contributed by atoms with Crippen LogP contribution in [0.25, 0.3) is 0 Å². The minimum Gasteiger partial charge on any atom is -0.485 e. The third kappa shape index (κ3) is 7.99. The van der Waals surface area contributed by atoms with Gasteiger partial charge >= 0.3 is 6.09 Å². The second kappa shape index (κ2) is 13.0. The molecular weight excluding hydrogens is 514 g/mol. The highest BCUT2D eigenvalue weighted by Crippen LogP contribution is 2.39. The summed E-state index contributed by atoms with van der Waals surface area (Å²) in [5.74, 6) is 0.719. The number of amides is 1. The summed E-state index contributed by atoms with van der Waals surface area (Å²) in [7, 11) is 0. The molecule has 3 aromatic rings. The SMILES string of the molecule is CC(C)(C)OC(=O)N1CCCC1CCC(=O)c1ccc(OCc2ccccc2)c(OCc2ccccc2)c1Cl. The monoisotopic (exact) mass is 549 g/mol. The van der Waals surface area contributed by atoms with E-state index in [1.807, 2.05) is 81.4 Å². The Morgan fingerprint density at radius 1 is 0.897 bits per heavy atom. The zero-order valence-corrected chi connectivity index (χ0v) is 23.6. The van der Waals surface area contributed by atoms with Gasteiger partial charge in [-0.25, -0.2) is 4.79 Å². The van der Waals surface area contributed by atoms with E-state index in [0.717, 1.165) is 24.0 Å². The first kappa shape index (κ1) is 28.5.